The van der Waals surface area contributed by atoms with Crippen molar-refractivity contribution in [3.8, 4) is 0 Å². The van der Waals surface area contributed by atoms with Crippen LogP contribution in [0.15, 0.2) is 24.3 Å². The number of amides is 1. The quantitative estimate of drug-likeness (QED) is 0.814. The SMILES string of the molecule is NC(=O)c1ccc(COC2CCCCCC2N)cc1. The number of carbonyl (C=O) groups excluding carboxylic acids is 1. The lowest BCUT2D eigenvalue weighted by Gasteiger charge is -2.21. The molecule has 0 bridgehead atoms. The van der Waals surface area contributed by atoms with Crippen LogP contribution in [0.25, 0.3) is 0 Å². The molecule has 0 spiro atoms. The first-order valence-corrected chi connectivity index (χ1v) is 6.93. The van der Waals surface area contributed by atoms with Gasteiger partial charge < -0.3 is 16.2 Å². The van der Waals surface area contributed by atoms with E-state index in [1.54, 1.807) is 12.1 Å². The number of primary amides is 1. The number of benzene rings is 1. The summed E-state index contributed by atoms with van der Waals surface area (Å²) in [6.07, 6.45) is 5.89. The van der Waals surface area contributed by atoms with Gasteiger partial charge in [0, 0.05) is 11.6 Å². The fraction of sp³-hybridized carbons (Fsp3) is 0.533. The molecule has 0 aromatic heterocycles. The Morgan fingerprint density at radius 1 is 1.16 bits per heavy atom. The van der Waals surface area contributed by atoms with Crippen LogP contribution < -0.4 is 11.5 Å². The van der Waals surface area contributed by atoms with Crippen molar-refractivity contribution in [2.45, 2.75) is 50.9 Å². The summed E-state index contributed by atoms with van der Waals surface area (Å²) in [5.74, 6) is -0.404. The standard InChI is InChI=1S/C15H22N2O2/c16-13-4-2-1-3-5-14(13)19-10-11-6-8-12(9-7-11)15(17)18/h6-9,13-14H,1-5,10,16H2,(H2,17,18). The Morgan fingerprint density at radius 3 is 2.53 bits per heavy atom. The van der Waals surface area contributed by atoms with Crippen molar-refractivity contribution in [3.63, 3.8) is 0 Å². The minimum Gasteiger partial charge on any atom is -0.372 e. The number of rotatable bonds is 4. The summed E-state index contributed by atoms with van der Waals surface area (Å²) in [5, 5.41) is 0. The van der Waals surface area contributed by atoms with Gasteiger partial charge in [0.15, 0.2) is 0 Å². The first-order chi connectivity index (χ1) is 9.16. The van der Waals surface area contributed by atoms with Crippen LogP contribution in [0.5, 0.6) is 0 Å². The van der Waals surface area contributed by atoms with Crippen molar-refractivity contribution in [1.82, 2.24) is 0 Å². The molecule has 1 amide bonds. The van der Waals surface area contributed by atoms with Crippen molar-refractivity contribution >= 4 is 5.91 Å². The highest BCUT2D eigenvalue weighted by molar-refractivity contribution is 5.92. The molecule has 2 atom stereocenters. The minimum atomic E-state index is -0.404. The molecule has 2 unspecified atom stereocenters. The lowest BCUT2D eigenvalue weighted by molar-refractivity contribution is 0.0194. The van der Waals surface area contributed by atoms with Crippen LogP contribution in [0.2, 0.25) is 0 Å². The van der Waals surface area contributed by atoms with E-state index in [9.17, 15) is 4.79 Å². The Labute approximate surface area is 114 Å². The van der Waals surface area contributed by atoms with E-state index in [2.05, 4.69) is 0 Å². The Kier molecular flexibility index (Phi) is 4.93. The van der Waals surface area contributed by atoms with Crippen LogP contribution >= 0.6 is 0 Å². The first-order valence-electron chi connectivity index (χ1n) is 6.93. The smallest absolute Gasteiger partial charge is 0.248 e. The molecule has 0 aliphatic heterocycles. The van der Waals surface area contributed by atoms with Gasteiger partial charge in [0.05, 0.1) is 12.7 Å². The zero-order valence-electron chi connectivity index (χ0n) is 11.2. The maximum Gasteiger partial charge on any atom is 0.248 e. The summed E-state index contributed by atoms with van der Waals surface area (Å²) < 4.78 is 5.92. The fourth-order valence-electron chi connectivity index (χ4n) is 2.48. The highest BCUT2D eigenvalue weighted by atomic mass is 16.5. The van der Waals surface area contributed by atoms with E-state index in [1.165, 1.54) is 19.3 Å². The molecule has 1 saturated carbocycles. The maximum atomic E-state index is 11.0. The molecule has 1 aromatic carbocycles. The van der Waals surface area contributed by atoms with E-state index in [1.807, 2.05) is 12.1 Å². The van der Waals surface area contributed by atoms with Crippen LogP contribution in [-0.2, 0) is 11.3 Å². The van der Waals surface area contributed by atoms with Crippen molar-refractivity contribution in [2.24, 2.45) is 11.5 Å². The molecule has 0 heterocycles. The van der Waals surface area contributed by atoms with Gasteiger partial charge >= 0.3 is 0 Å². The second kappa shape index (κ2) is 6.68. The normalized spacial score (nSPS) is 23.8. The lowest BCUT2D eigenvalue weighted by atomic mass is 10.1. The van der Waals surface area contributed by atoms with Crippen molar-refractivity contribution in [2.75, 3.05) is 0 Å². The topological polar surface area (TPSA) is 78.3 Å². The van der Waals surface area contributed by atoms with E-state index in [4.69, 9.17) is 16.2 Å². The molecule has 1 aliphatic carbocycles. The molecule has 0 radical (unpaired) electrons. The summed E-state index contributed by atoms with van der Waals surface area (Å²) in [5.41, 5.74) is 12.9. The van der Waals surface area contributed by atoms with Gasteiger partial charge in [-0.1, -0.05) is 31.4 Å². The molecule has 4 heteroatoms. The molecule has 1 aromatic rings. The highest BCUT2D eigenvalue weighted by Gasteiger charge is 2.20. The van der Waals surface area contributed by atoms with Gasteiger partial charge in [0.25, 0.3) is 0 Å². The van der Waals surface area contributed by atoms with Gasteiger partial charge in [-0.3, -0.25) is 4.79 Å². The van der Waals surface area contributed by atoms with Gasteiger partial charge in [-0.2, -0.15) is 0 Å². The van der Waals surface area contributed by atoms with Gasteiger partial charge in [0.2, 0.25) is 5.91 Å². The monoisotopic (exact) mass is 262 g/mol. The van der Waals surface area contributed by atoms with E-state index < -0.39 is 5.91 Å². The predicted molar refractivity (Wildman–Crippen MR) is 74.6 cm³/mol. The first kappa shape index (κ1) is 14.0. The number of nitrogens with two attached hydrogens (primary N) is 2. The summed E-state index contributed by atoms with van der Waals surface area (Å²) in [7, 11) is 0. The molecule has 2 rings (SSSR count). The van der Waals surface area contributed by atoms with Gasteiger partial charge in [0.1, 0.15) is 0 Å². The molecular formula is C15H22N2O2. The molecule has 0 saturated heterocycles. The maximum absolute atomic E-state index is 11.0. The molecule has 104 valence electrons. The minimum absolute atomic E-state index is 0.146. The van der Waals surface area contributed by atoms with Gasteiger partial charge in [-0.15, -0.1) is 0 Å². The van der Waals surface area contributed by atoms with E-state index >= 15 is 0 Å². The largest absolute Gasteiger partial charge is 0.372 e. The Balaban J connectivity index is 1.88. The molecule has 19 heavy (non-hydrogen) atoms. The molecule has 4 N–H and O–H groups in total. The number of hydrogen-bond donors (Lipinski definition) is 2. The van der Waals surface area contributed by atoms with E-state index in [0.29, 0.717) is 12.2 Å². The number of ether oxygens (including phenoxy) is 1. The molecule has 1 fully saturated rings. The lowest BCUT2D eigenvalue weighted by Crippen LogP contribution is -2.35. The zero-order chi connectivity index (χ0) is 13.7. The molecular weight excluding hydrogens is 240 g/mol. The Bertz CT molecular complexity index is 417. The van der Waals surface area contributed by atoms with E-state index in [-0.39, 0.29) is 12.1 Å². The summed E-state index contributed by atoms with van der Waals surface area (Å²) in [6, 6.07) is 7.36. The van der Waals surface area contributed by atoms with Crippen molar-refractivity contribution < 1.29 is 9.53 Å². The molecule has 4 nitrogen and oxygen atoms in total. The van der Waals surface area contributed by atoms with Crippen LogP contribution in [0.3, 0.4) is 0 Å². The zero-order valence-corrected chi connectivity index (χ0v) is 11.2. The van der Waals surface area contributed by atoms with Crippen molar-refractivity contribution in [3.05, 3.63) is 35.4 Å². The van der Waals surface area contributed by atoms with Crippen LogP contribution in [0.4, 0.5) is 0 Å². The van der Waals surface area contributed by atoms with E-state index in [0.717, 1.165) is 18.4 Å². The third-order valence-corrected chi connectivity index (χ3v) is 3.71. The predicted octanol–water partition coefficient (Wildman–Crippen LogP) is 1.96. The fourth-order valence-corrected chi connectivity index (χ4v) is 2.48. The summed E-state index contributed by atoms with van der Waals surface area (Å²) in [6.45, 7) is 0.539. The number of hydrogen-bond acceptors (Lipinski definition) is 3. The average molecular weight is 262 g/mol. The van der Waals surface area contributed by atoms with Crippen LogP contribution in [0.1, 0.15) is 48.0 Å². The Morgan fingerprint density at radius 2 is 1.84 bits per heavy atom. The van der Waals surface area contributed by atoms with Crippen LogP contribution in [-0.4, -0.2) is 18.1 Å². The third-order valence-electron chi connectivity index (χ3n) is 3.71. The Hall–Kier alpha value is -1.39. The summed E-state index contributed by atoms with van der Waals surface area (Å²) in [4.78, 5) is 11.0. The second-order valence-corrected chi connectivity index (χ2v) is 5.21. The third kappa shape index (κ3) is 4.04. The van der Waals surface area contributed by atoms with Crippen molar-refractivity contribution in [1.29, 1.82) is 0 Å². The summed E-state index contributed by atoms with van der Waals surface area (Å²) >= 11 is 0. The average Bonchev–Trinajstić information content (AvgIpc) is 2.61. The van der Waals surface area contributed by atoms with Crippen LogP contribution in [0, 0.1) is 0 Å². The molecule has 1 aliphatic rings. The van der Waals surface area contributed by atoms with Gasteiger partial charge in [-0.05, 0) is 30.5 Å². The number of carbonyl (C=O) groups is 1. The van der Waals surface area contributed by atoms with Gasteiger partial charge in [-0.25, -0.2) is 0 Å². The highest BCUT2D eigenvalue weighted by Crippen LogP contribution is 2.20. The second-order valence-electron chi connectivity index (χ2n) is 5.21.